The van der Waals surface area contributed by atoms with E-state index in [1.165, 1.54) is 24.3 Å². The topological polar surface area (TPSA) is 38.3 Å². The quantitative estimate of drug-likeness (QED) is 0.830. The number of benzene rings is 1. The van der Waals surface area contributed by atoms with E-state index in [0.717, 1.165) is 0 Å². The highest BCUT2D eigenvalue weighted by Crippen LogP contribution is 2.14. The van der Waals surface area contributed by atoms with Crippen molar-refractivity contribution in [2.45, 2.75) is 18.9 Å². The Morgan fingerprint density at radius 2 is 2.00 bits per heavy atom. The van der Waals surface area contributed by atoms with Crippen molar-refractivity contribution < 1.29 is 18.3 Å². The van der Waals surface area contributed by atoms with E-state index >= 15 is 0 Å². The molecule has 1 unspecified atom stereocenters. The lowest BCUT2D eigenvalue weighted by molar-refractivity contribution is -0.0498. The molecule has 1 rings (SSSR count). The van der Waals surface area contributed by atoms with Crippen molar-refractivity contribution in [1.82, 2.24) is 5.32 Å². The number of halogens is 3. The molecule has 3 nitrogen and oxygen atoms in total. The summed E-state index contributed by atoms with van der Waals surface area (Å²) < 4.78 is 27.9. The van der Waals surface area contributed by atoms with Gasteiger partial charge in [-0.25, -0.2) is 0 Å². The largest absolute Gasteiger partial charge is 0.435 e. The molecule has 0 aliphatic carbocycles. The average Bonchev–Trinajstić information content (AvgIpc) is 2.26. The second-order valence-corrected chi connectivity index (χ2v) is 4.14. The fourth-order valence-electron chi connectivity index (χ4n) is 1.12. The van der Waals surface area contributed by atoms with Crippen molar-refractivity contribution in [3.8, 4) is 5.75 Å². The molecule has 0 fully saturated rings. The van der Waals surface area contributed by atoms with Gasteiger partial charge in [0.1, 0.15) is 5.75 Å². The van der Waals surface area contributed by atoms with Crippen LogP contribution in [0.1, 0.15) is 17.3 Å². The summed E-state index contributed by atoms with van der Waals surface area (Å²) in [5.74, 6) is -0.289. The molecule has 1 atom stereocenters. The summed E-state index contributed by atoms with van der Waals surface area (Å²) in [6, 6.07) is 5.44. The molecule has 17 heavy (non-hydrogen) atoms. The number of carbonyl (C=O) groups excluding carboxylic acids is 1. The Hall–Kier alpha value is -1.36. The first kappa shape index (κ1) is 13.7. The number of amides is 1. The Labute approximate surface area is 103 Å². The molecule has 1 aromatic carbocycles. The summed E-state index contributed by atoms with van der Waals surface area (Å²) >= 11 is 5.67. The first-order valence-corrected chi connectivity index (χ1v) is 5.40. The van der Waals surface area contributed by atoms with Gasteiger partial charge in [-0.05, 0) is 31.2 Å². The zero-order valence-corrected chi connectivity index (χ0v) is 9.88. The monoisotopic (exact) mass is 263 g/mol. The van der Waals surface area contributed by atoms with Crippen LogP contribution in [0.4, 0.5) is 8.78 Å². The fourth-order valence-corrected chi connectivity index (χ4v) is 1.20. The van der Waals surface area contributed by atoms with Crippen LogP contribution in [0.15, 0.2) is 24.3 Å². The minimum atomic E-state index is -2.87. The fraction of sp³-hybridized carbons (Fsp3) is 0.364. The van der Waals surface area contributed by atoms with Gasteiger partial charge in [0.05, 0.1) is 0 Å². The zero-order valence-electron chi connectivity index (χ0n) is 9.12. The molecule has 0 heterocycles. The highest BCUT2D eigenvalue weighted by molar-refractivity contribution is 6.20. The molecule has 0 radical (unpaired) electrons. The van der Waals surface area contributed by atoms with Crippen molar-refractivity contribution in [3.05, 3.63) is 29.8 Å². The average molecular weight is 264 g/mol. The summed E-state index contributed by atoms with van der Waals surface area (Å²) in [5, 5.41) is 2.43. The molecule has 0 saturated heterocycles. The van der Waals surface area contributed by atoms with Crippen molar-refractivity contribution in [2.75, 3.05) is 6.54 Å². The van der Waals surface area contributed by atoms with Crippen LogP contribution in [-0.2, 0) is 0 Å². The highest BCUT2D eigenvalue weighted by atomic mass is 35.5. The standard InChI is InChI=1S/C11H12ClF2NO2/c1-7(12)6-15-10(16)8-2-4-9(5-3-8)17-11(13)14/h2-5,7,11H,6H2,1H3,(H,15,16). The predicted octanol–water partition coefficient (Wildman–Crippen LogP) is 2.65. The second-order valence-electron chi connectivity index (χ2n) is 3.39. The van der Waals surface area contributed by atoms with E-state index in [4.69, 9.17) is 11.6 Å². The van der Waals surface area contributed by atoms with Gasteiger partial charge in [-0.3, -0.25) is 4.79 Å². The van der Waals surface area contributed by atoms with Crippen molar-refractivity contribution in [3.63, 3.8) is 0 Å². The van der Waals surface area contributed by atoms with Crippen molar-refractivity contribution >= 4 is 17.5 Å². The molecular formula is C11H12ClF2NO2. The summed E-state index contributed by atoms with van der Waals surface area (Å²) in [6.45, 7) is -0.774. The number of carbonyl (C=O) groups is 1. The van der Waals surface area contributed by atoms with Crippen LogP contribution < -0.4 is 10.1 Å². The van der Waals surface area contributed by atoms with Crippen molar-refractivity contribution in [1.29, 1.82) is 0 Å². The maximum atomic E-state index is 11.9. The molecule has 0 aromatic heterocycles. The number of ether oxygens (including phenoxy) is 1. The molecule has 0 aliphatic heterocycles. The van der Waals surface area contributed by atoms with E-state index in [9.17, 15) is 13.6 Å². The van der Waals surface area contributed by atoms with Crippen LogP contribution in [0.5, 0.6) is 5.75 Å². The van der Waals surface area contributed by atoms with E-state index < -0.39 is 6.61 Å². The minimum Gasteiger partial charge on any atom is -0.435 e. The Kier molecular flexibility index (Phi) is 5.15. The molecule has 0 saturated carbocycles. The summed E-state index contributed by atoms with van der Waals surface area (Å²) in [4.78, 5) is 11.5. The maximum Gasteiger partial charge on any atom is 0.387 e. The molecule has 1 N–H and O–H groups in total. The van der Waals surface area contributed by atoms with Gasteiger partial charge in [-0.2, -0.15) is 8.78 Å². The second kappa shape index (κ2) is 6.39. The first-order chi connectivity index (χ1) is 7.99. The van der Waals surface area contributed by atoms with E-state index in [-0.39, 0.29) is 17.0 Å². The smallest absolute Gasteiger partial charge is 0.387 e. The lowest BCUT2D eigenvalue weighted by Crippen LogP contribution is -2.28. The number of hydrogen-bond donors (Lipinski definition) is 1. The molecule has 6 heteroatoms. The number of alkyl halides is 3. The molecule has 0 bridgehead atoms. The van der Waals surface area contributed by atoms with E-state index in [2.05, 4.69) is 10.1 Å². The van der Waals surface area contributed by atoms with Gasteiger partial charge >= 0.3 is 6.61 Å². The molecular weight excluding hydrogens is 252 g/mol. The summed E-state index contributed by atoms with van der Waals surface area (Å²) in [5.41, 5.74) is 0.365. The first-order valence-electron chi connectivity index (χ1n) is 4.96. The zero-order chi connectivity index (χ0) is 12.8. The van der Waals surface area contributed by atoms with Crippen LogP contribution >= 0.6 is 11.6 Å². The molecule has 94 valence electrons. The van der Waals surface area contributed by atoms with Gasteiger partial charge in [-0.1, -0.05) is 0 Å². The van der Waals surface area contributed by atoms with Crippen LogP contribution in [-0.4, -0.2) is 24.4 Å². The third kappa shape index (κ3) is 4.99. The SMILES string of the molecule is CC(Cl)CNC(=O)c1ccc(OC(F)F)cc1. The van der Waals surface area contributed by atoms with Gasteiger partial charge in [0.15, 0.2) is 0 Å². The van der Waals surface area contributed by atoms with Crippen molar-refractivity contribution in [2.24, 2.45) is 0 Å². The van der Waals surface area contributed by atoms with E-state index in [1.807, 2.05) is 0 Å². The van der Waals surface area contributed by atoms with Crippen LogP contribution in [0.3, 0.4) is 0 Å². The van der Waals surface area contributed by atoms with Gasteiger partial charge < -0.3 is 10.1 Å². The minimum absolute atomic E-state index is 0.0160. The number of nitrogens with one attached hydrogen (secondary N) is 1. The van der Waals surface area contributed by atoms with Gasteiger partial charge in [0.25, 0.3) is 5.91 Å². The Bertz CT molecular complexity index is 368. The lowest BCUT2D eigenvalue weighted by Gasteiger charge is -2.07. The van der Waals surface area contributed by atoms with Gasteiger partial charge in [-0.15, -0.1) is 11.6 Å². The lowest BCUT2D eigenvalue weighted by atomic mass is 10.2. The Morgan fingerprint density at radius 1 is 1.41 bits per heavy atom. The molecule has 1 amide bonds. The van der Waals surface area contributed by atoms with E-state index in [0.29, 0.717) is 12.1 Å². The Balaban J connectivity index is 2.57. The van der Waals surface area contributed by atoms with Crippen LogP contribution in [0.2, 0.25) is 0 Å². The Morgan fingerprint density at radius 3 is 2.47 bits per heavy atom. The predicted molar refractivity (Wildman–Crippen MR) is 60.7 cm³/mol. The summed E-state index contributed by atoms with van der Waals surface area (Å²) in [6.07, 6.45) is 0. The van der Waals surface area contributed by atoms with Crippen LogP contribution in [0.25, 0.3) is 0 Å². The molecule has 0 aliphatic rings. The van der Waals surface area contributed by atoms with Crippen LogP contribution in [0, 0.1) is 0 Å². The molecule has 0 spiro atoms. The number of hydrogen-bond acceptors (Lipinski definition) is 2. The molecule has 1 aromatic rings. The van der Waals surface area contributed by atoms with E-state index in [1.54, 1.807) is 6.92 Å². The third-order valence-electron chi connectivity index (χ3n) is 1.89. The van der Waals surface area contributed by atoms with Gasteiger partial charge in [0.2, 0.25) is 0 Å². The highest BCUT2D eigenvalue weighted by Gasteiger charge is 2.08. The number of rotatable bonds is 5. The van der Waals surface area contributed by atoms with Gasteiger partial charge in [0, 0.05) is 17.5 Å². The normalized spacial score (nSPS) is 12.3. The summed E-state index contributed by atoms with van der Waals surface area (Å²) in [7, 11) is 0. The third-order valence-corrected chi connectivity index (χ3v) is 2.04. The maximum absolute atomic E-state index is 11.9.